The van der Waals surface area contributed by atoms with Gasteiger partial charge in [-0.15, -0.1) is 0 Å². The molecule has 2 atom stereocenters. The van der Waals surface area contributed by atoms with E-state index >= 15 is 0 Å². The van der Waals surface area contributed by atoms with E-state index in [0.717, 1.165) is 5.56 Å². The van der Waals surface area contributed by atoms with E-state index in [4.69, 9.17) is 4.74 Å². The first-order chi connectivity index (χ1) is 19.5. The van der Waals surface area contributed by atoms with Gasteiger partial charge in [0.2, 0.25) is 0 Å². The molecule has 13 nitrogen and oxygen atoms in total. The minimum Gasteiger partial charge on any atom is -0.494 e. The molecule has 1 aliphatic heterocycles. The molecule has 0 bridgehead atoms. The summed E-state index contributed by atoms with van der Waals surface area (Å²) in [6, 6.07) is 5.50. The van der Waals surface area contributed by atoms with E-state index in [1.807, 2.05) is 26.0 Å². The summed E-state index contributed by atoms with van der Waals surface area (Å²) in [5.41, 5.74) is 0.794. The van der Waals surface area contributed by atoms with Crippen molar-refractivity contribution < 1.29 is 84.3 Å². The Morgan fingerprint density at radius 3 is 1.50 bits per heavy atom. The number of carboxylic acids is 4. The molecule has 4 N–H and O–H groups in total. The zero-order valence-corrected chi connectivity index (χ0v) is 26.6. The quantitative estimate of drug-likeness (QED) is 0.211. The molecule has 0 radical (unpaired) electrons. The van der Waals surface area contributed by atoms with Crippen LogP contribution in [0.2, 0.25) is 0 Å². The van der Waals surface area contributed by atoms with Crippen molar-refractivity contribution in [1.29, 1.82) is 0 Å². The largest absolute Gasteiger partial charge is 0.494 e. The Hall–Kier alpha value is -1.94. The molecule has 0 amide bonds. The van der Waals surface area contributed by atoms with Crippen LogP contribution in [0.3, 0.4) is 0 Å². The molecule has 14 heteroatoms. The maximum Gasteiger partial charge on any atom is 0.321 e. The third kappa shape index (κ3) is 13.6. The van der Waals surface area contributed by atoms with Crippen molar-refractivity contribution in [3.63, 3.8) is 0 Å². The minimum atomic E-state index is -1.03. The van der Waals surface area contributed by atoms with Gasteiger partial charge in [-0.05, 0) is 37.5 Å². The first-order valence-electron chi connectivity index (χ1n) is 14.1. The third-order valence-corrected chi connectivity index (χ3v) is 7.21. The summed E-state index contributed by atoms with van der Waals surface area (Å²) in [7, 11) is 0. The maximum atomic E-state index is 12.5. The Labute approximate surface area is 279 Å². The van der Waals surface area contributed by atoms with E-state index in [9.17, 15) is 39.6 Å². The second-order valence-corrected chi connectivity index (χ2v) is 10.2. The minimum absolute atomic E-state index is 0. The topological polar surface area (TPSA) is 171 Å². The van der Waals surface area contributed by atoms with E-state index in [1.165, 1.54) is 0 Å². The van der Waals surface area contributed by atoms with Gasteiger partial charge in [0, 0.05) is 92.3 Å². The summed E-state index contributed by atoms with van der Waals surface area (Å²) in [5, 5.41) is 39.1. The van der Waals surface area contributed by atoms with Crippen LogP contribution in [-0.4, -0.2) is 148 Å². The molecule has 1 fully saturated rings. The SMILES string of the molecule is CCCC(C(=O)O)N1CCN(CC(=O)O)CCN(C(Cc2ccc(OCC)cc2)C(=O)O)CCN(CC(=O)O)CC1.[Gd]. The molecule has 0 aromatic heterocycles. The van der Waals surface area contributed by atoms with Gasteiger partial charge in [-0.1, -0.05) is 25.5 Å². The second-order valence-electron chi connectivity index (χ2n) is 10.2. The van der Waals surface area contributed by atoms with E-state index in [0.29, 0.717) is 25.2 Å². The first-order valence-corrected chi connectivity index (χ1v) is 14.1. The number of carbonyl (C=O) groups is 4. The number of aliphatic carboxylic acids is 4. The van der Waals surface area contributed by atoms with Crippen LogP contribution in [0.15, 0.2) is 24.3 Å². The van der Waals surface area contributed by atoms with Crippen molar-refractivity contribution >= 4 is 23.9 Å². The number of hydrogen-bond donors (Lipinski definition) is 4. The van der Waals surface area contributed by atoms with Gasteiger partial charge in [0.05, 0.1) is 19.7 Å². The third-order valence-electron chi connectivity index (χ3n) is 7.21. The molecule has 1 aliphatic rings. The van der Waals surface area contributed by atoms with Crippen molar-refractivity contribution in [2.24, 2.45) is 0 Å². The Balaban J connectivity index is 0.00000882. The van der Waals surface area contributed by atoms with Crippen LogP contribution in [-0.2, 0) is 25.6 Å². The molecule has 1 aromatic carbocycles. The zero-order chi connectivity index (χ0) is 30.4. The van der Waals surface area contributed by atoms with E-state index < -0.39 is 36.0 Å². The number of carboxylic acid groups (broad SMARTS) is 4. The van der Waals surface area contributed by atoms with E-state index in [2.05, 4.69) is 0 Å². The first kappa shape index (κ1) is 38.1. The monoisotopic (exact) mass is 738 g/mol. The predicted octanol–water partition coefficient (Wildman–Crippen LogP) is 0.725. The van der Waals surface area contributed by atoms with E-state index in [-0.39, 0.29) is 112 Å². The van der Waals surface area contributed by atoms with Gasteiger partial charge in [0.25, 0.3) is 0 Å². The van der Waals surface area contributed by atoms with Gasteiger partial charge in [-0.25, -0.2) is 0 Å². The fourth-order valence-corrected chi connectivity index (χ4v) is 5.07. The van der Waals surface area contributed by atoms with E-state index in [1.54, 1.807) is 31.7 Å². The van der Waals surface area contributed by atoms with Gasteiger partial charge in [-0.2, -0.15) is 0 Å². The van der Waals surface area contributed by atoms with Gasteiger partial charge in [0.1, 0.15) is 17.8 Å². The fraction of sp³-hybridized carbons (Fsp3) is 0.643. The molecule has 1 saturated heterocycles. The van der Waals surface area contributed by atoms with Crippen LogP contribution in [0, 0.1) is 39.9 Å². The predicted molar refractivity (Wildman–Crippen MR) is 150 cm³/mol. The average molecular weight is 738 g/mol. The summed E-state index contributed by atoms with van der Waals surface area (Å²) in [4.78, 5) is 54.7. The van der Waals surface area contributed by atoms with Crippen molar-refractivity contribution in [2.45, 2.75) is 45.2 Å². The molecule has 238 valence electrons. The summed E-state index contributed by atoms with van der Waals surface area (Å²) < 4.78 is 5.47. The maximum absolute atomic E-state index is 12.5. The van der Waals surface area contributed by atoms with Crippen LogP contribution in [0.1, 0.15) is 32.3 Å². The molecule has 2 unspecified atom stereocenters. The Morgan fingerprint density at radius 1 is 0.714 bits per heavy atom. The van der Waals surface area contributed by atoms with Crippen molar-refractivity contribution in [2.75, 3.05) is 72.1 Å². The Morgan fingerprint density at radius 2 is 1.14 bits per heavy atom. The Bertz CT molecular complexity index is 966. The summed E-state index contributed by atoms with van der Waals surface area (Å²) in [5.74, 6) is -3.39. The number of hydrogen-bond acceptors (Lipinski definition) is 9. The zero-order valence-electron chi connectivity index (χ0n) is 24.3. The van der Waals surface area contributed by atoms with Crippen LogP contribution in [0.4, 0.5) is 0 Å². The molecular weight excluding hydrogens is 694 g/mol. The smallest absolute Gasteiger partial charge is 0.321 e. The van der Waals surface area contributed by atoms with Gasteiger partial charge >= 0.3 is 23.9 Å². The van der Waals surface area contributed by atoms with Gasteiger partial charge in [-0.3, -0.25) is 38.8 Å². The van der Waals surface area contributed by atoms with Crippen LogP contribution < -0.4 is 4.74 Å². The van der Waals surface area contributed by atoms with Gasteiger partial charge < -0.3 is 25.2 Å². The summed E-state index contributed by atoms with van der Waals surface area (Å²) >= 11 is 0. The molecule has 0 saturated carbocycles. The normalized spacial score (nSPS) is 18.0. The Kier molecular flexibility index (Phi) is 18.2. The second kappa shape index (κ2) is 20.1. The average Bonchev–Trinajstić information content (AvgIpc) is 2.90. The van der Waals surface area contributed by atoms with Crippen molar-refractivity contribution in [1.82, 2.24) is 19.6 Å². The number of ether oxygens (including phenoxy) is 1. The molecule has 0 spiro atoms. The van der Waals surface area contributed by atoms with Crippen LogP contribution in [0.5, 0.6) is 5.75 Å². The molecule has 1 heterocycles. The fourth-order valence-electron chi connectivity index (χ4n) is 5.07. The summed E-state index contributed by atoms with van der Waals surface area (Å²) in [6.07, 6.45) is 1.25. The summed E-state index contributed by atoms with van der Waals surface area (Å²) in [6.45, 7) is 5.79. The van der Waals surface area contributed by atoms with Crippen molar-refractivity contribution in [3.05, 3.63) is 29.8 Å². The molecule has 42 heavy (non-hydrogen) atoms. The van der Waals surface area contributed by atoms with Crippen LogP contribution >= 0.6 is 0 Å². The molecular formula is C28H44GdN4O9. The standard InChI is InChI=1S/C28H44N4O9.Gd/c1-3-5-23(27(37)38)31-14-10-29(19-25(33)34)12-16-32(17-13-30(11-15-31)20-26(35)36)24(28(39)40)18-21-6-8-22(9-7-21)41-4-2;/h6-9,23-24H,3-5,10-20H2,1-2H3,(H,33,34)(H,35,36)(H,37,38)(H,39,40);. The van der Waals surface area contributed by atoms with Crippen molar-refractivity contribution in [3.8, 4) is 5.75 Å². The van der Waals surface area contributed by atoms with Gasteiger partial charge in [0.15, 0.2) is 0 Å². The number of benzene rings is 1. The van der Waals surface area contributed by atoms with Crippen LogP contribution in [0.25, 0.3) is 0 Å². The number of nitrogens with zero attached hydrogens (tertiary/aromatic N) is 4. The molecule has 1 aromatic rings. The number of rotatable bonds is 14. The molecule has 2 rings (SSSR count). The molecule has 0 aliphatic carbocycles.